The van der Waals surface area contributed by atoms with Crippen LogP contribution in [0.4, 0.5) is 0 Å². The van der Waals surface area contributed by atoms with Crippen LogP contribution in [-0.2, 0) is 19.1 Å². The summed E-state index contributed by atoms with van der Waals surface area (Å²) in [6, 6.07) is 0. The van der Waals surface area contributed by atoms with Crippen molar-refractivity contribution < 1.29 is 29.3 Å². The Morgan fingerprint density at radius 3 is 2.68 bits per heavy atom. The van der Waals surface area contributed by atoms with Gasteiger partial charge in [0.25, 0.3) is 0 Å². The van der Waals surface area contributed by atoms with Gasteiger partial charge in [-0.05, 0) is 68.8 Å². The third-order valence-corrected chi connectivity index (χ3v) is 10.1. The van der Waals surface area contributed by atoms with Gasteiger partial charge in [-0.2, -0.15) is 0 Å². The molecule has 0 spiro atoms. The molecule has 0 radical (unpaired) electrons. The maximum atomic E-state index is 13.0. The number of allylic oxidation sites excluding steroid dienone is 2. The molecule has 5 aliphatic rings. The smallest absolute Gasteiger partial charge is 0.241 e. The molecule has 0 aromatic carbocycles. The second-order valence-corrected chi connectivity index (χ2v) is 11.8. The molecular formula is C28H40O6. The summed E-state index contributed by atoms with van der Waals surface area (Å²) in [6.45, 7) is 6.04. The van der Waals surface area contributed by atoms with E-state index in [9.17, 15) is 19.8 Å². The fraction of sp³-hybridized carbons (Fsp3) is 0.786. The van der Waals surface area contributed by atoms with E-state index in [1.807, 2.05) is 0 Å². The van der Waals surface area contributed by atoms with Gasteiger partial charge in [-0.15, -0.1) is 0 Å². The summed E-state index contributed by atoms with van der Waals surface area (Å²) >= 11 is 0. The lowest BCUT2D eigenvalue weighted by Gasteiger charge is -2.59. The first kappa shape index (κ1) is 24.1. The third kappa shape index (κ3) is 3.42. The van der Waals surface area contributed by atoms with Crippen molar-refractivity contribution in [1.82, 2.24) is 0 Å². The first-order valence-corrected chi connectivity index (χ1v) is 13.4. The minimum atomic E-state index is -0.610. The van der Waals surface area contributed by atoms with E-state index < -0.39 is 24.4 Å². The largest absolute Gasteiger partial charge is 0.454 e. The Balaban J connectivity index is 1.44. The molecule has 34 heavy (non-hydrogen) atoms. The van der Waals surface area contributed by atoms with E-state index in [0.29, 0.717) is 23.9 Å². The van der Waals surface area contributed by atoms with Crippen LogP contribution in [0.15, 0.2) is 23.2 Å². The normalized spacial score (nSPS) is 42.7. The van der Waals surface area contributed by atoms with E-state index in [4.69, 9.17) is 9.47 Å². The second-order valence-electron chi connectivity index (χ2n) is 11.8. The number of unbranched alkanes of at least 4 members (excludes halogenated alkanes) is 3. The summed E-state index contributed by atoms with van der Waals surface area (Å²) < 4.78 is 12.5. The number of ketones is 2. The van der Waals surface area contributed by atoms with Crippen LogP contribution in [0.25, 0.3) is 0 Å². The number of carbonyl (C=O) groups is 2. The zero-order valence-corrected chi connectivity index (χ0v) is 20.8. The summed E-state index contributed by atoms with van der Waals surface area (Å²) in [6.07, 6.45) is 9.88. The number of fused-ring (bicyclic) bond motifs is 6. The van der Waals surface area contributed by atoms with Crippen molar-refractivity contribution in [3.8, 4) is 0 Å². The molecule has 3 saturated carbocycles. The lowest BCUT2D eigenvalue weighted by molar-refractivity contribution is -0.146. The summed E-state index contributed by atoms with van der Waals surface area (Å²) in [5.74, 6) is 1.06. The number of aliphatic hydroxyl groups excluding tert-OH is 2. The van der Waals surface area contributed by atoms with Crippen LogP contribution in [0.1, 0.15) is 85.0 Å². The quantitative estimate of drug-likeness (QED) is 0.532. The number of carbonyl (C=O) groups excluding carboxylic acids is 2. The zero-order valence-electron chi connectivity index (χ0n) is 20.8. The number of Topliss-reactive ketones (excluding diaryl/α,β-unsaturated/α-hetero) is 1. The monoisotopic (exact) mass is 472 g/mol. The molecule has 2 N–H and O–H groups in total. The molecular weight excluding hydrogens is 432 g/mol. The van der Waals surface area contributed by atoms with Crippen LogP contribution in [0.3, 0.4) is 0 Å². The van der Waals surface area contributed by atoms with E-state index >= 15 is 0 Å². The molecule has 1 heterocycles. The van der Waals surface area contributed by atoms with E-state index in [-0.39, 0.29) is 34.7 Å². The molecule has 4 aliphatic carbocycles. The minimum absolute atomic E-state index is 0.0749. The summed E-state index contributed by atoms with van der Waals surface area (Å²) in [7, 11) is 0. The molecule has 3 fully saturated rings. The SMILES string of the molecule is CCCCCCC1OC2=C(O1)[C@@]1(C)C(=CC2=O)CC[C@@H]2[C@@H]1[C@@H](O)C[C@]1(C)[C@@H](C(=O)CO)CC[C@@H]21. The van der Waals surface area contributed by atoms with Crippen LogP contribution >= 0.6 is 0 Å². The van der Waals surface area contributed by atoms with E-state index in [0.717, 1.165) is 56.9 Å². The van der Waals surface area contributed by atoms with Gasteiger partial charge in [0.2, 0.25) is 17.8 Å². The van der Waals surface area contributed by atoms with Gasteiger partial charge in [-0.25, -0.2) is 0 Å². The fourth-order valence-corrected chi connectivity index (χ4v) is 8.52. The Bertz CT molecular complexity index is 920. The maximum absolute atomic E-state index is 13.0. The van der Waals surface area contributed by atoms with Crippen LogP contribution in [0.5, 0.6) is 0 Å². The average Bonchev–Trinajstić information content (AvgIpc) is 3.39. The van der Waals surface area contributed by atoms with Gasteiger partial charge in [-0.3, -0.25) is 9.59 Å². The number of rotatable bonds is 7. The minimum Gasteiger partial charge on any atom is -0.454 e. The predicted molar refractivity (Wildman–Crippen MR) is 126 cm³/mol. The van der Waals surface area contributed by atoms with Crippen LogP contribution < -0.4 is 0 Å². The molecule has 6 nitrogen and oxygen atoms in total. The molecule has 0 aromatic heterocycles. The van der Waals surface area contributed by atoms with Crippen LogP contribution in [0, 0.1) is 34.5 Å². The zero-order chi connectivity index (χ0) is 24.3. The molecule has 188 valence electrons. The van der Waals surface area contributed by atoms with Crippen molar-refractivity contribution in [3.63, 3.8) is 0 Å². The highest BCUT2D eigenvalue weighted by atomic mass is 16.7. The van der Waals surface area contributed by atoms with Crippen molar-refractivity contribution in [2.45, 2.75) is 97.4 Å². The lowest BCUT2D eigenvalue weighted by Crippen LogP contribution is -2.57. The van der Waals surface area contributed by atoms with Crippen molar-refractivity contribution in [2.24, 2.45) is 34.5 Å². The number of aliphatic hydroxyl groups is 2. The molecule has 1 unspecified atom stereocenters. The van der Waals surface area contributed by atoms with Gasteiger partial charge in [0.05, 0.1) is 11.5 Å². The number of hydrogen-bond acceptors (Lipinski definition) is 6. The van der Waals surface area contributed by atoms with Gasteiger partial charge >= 0.3 is 0 Å². The molecule has 0 saturated heterocycles. The summed E-state index contributed by atoms with van der Waals surface area (Å²) in [4.78, 5) is 25.5. The van der Waals surface area contributed by atoms with Gasteiger partial charge in [0.15, 0.2) is 11.5 Å². The maximum Gasteiger partial charge on any atom is 0.241 e. The molecule has 0 bridgehead atoms. The summed E-state index contributed by atoms with van der Waals surface area (Å²) in [5.41, 5.74) is 0.190. The Morgan fingerprint density at radius 1 is 1.15 bits per heavy atom. The highest BCUT2D eigenvalue weighted by Gasteiger charge is 2.65. The highest BCUT2D eigenvalue weighted by Crippen LogP contribution is 2.68. The predicted octanol–water partition coefficient (Wildman–Crippen LogP) is 4.44. The lowest BCUT2D eigenvalue weighted by atomic mass is 9.46. The van der Waals surface area contributed by atoms with Gasteiger partial charge < -0.3 is 19.7 Å². The Kier molecular flexibility index (Phi) is 6.21. The van der Waals surface area contributed by atoms with Crippen molar-refractivity contribution in [2.75, 3.05) is 6.61 Å². The third-order valence-electron chi connectivity index (χ3n) is 10.1. The Hall–Kier alpha value is -1.66. The van der Waals surface area contributed by atoms with Crippen LogP contribution in [0.2, 0.25) is 0 Å². The van der Waals surface area contributed by atoms with Gasteiger partial charge in [-0.1, -0.05) is 38.7 Å². The van der Waals surface area contributed by atoms with Crippen molar-refractivity contribution >= 4 is 11.6 Å². The molecule has 1 aliphatic heterocycles. The molecule has 6 heteroatoms. The van der Waals surface area contributed by atoms with E-state index in [2.05, 4.69) is 20.8 Å². The topological polar surface area (TPSA) is 93.1 Å². The van der Waals surface area contributed by atoms with Crippen molar-refractivity contribution in [1.29, 1.82) is 0 Å². The highest BCUT2D eigenvalue weighted by molar-refractivity contribution is 6.05. The molecule has 8 atom stereocenters. The van der Waals surface area contributed by atoms with E-state index in [1.54, 1.807) is 6.08 Å². The Labute approximate surface area is 202 Å². The molecule has 5 rings (SSSR count). The second kappa shape index (κ2) is 8.77. The van der Waals surface area contributed by atoms with Crippen LogP contribution in [-0.4, -0.2) is 40.8 Å². The molecule has 0 aromatic rings. The first-order valence-electron chi connectivity index (χ1n) is 13.4. The number of ether oxygens (including phenoxy) is 2. The fourth-order valence-electron chi connectivity index (χ4n) is 8.52. The first-order chi connectivity index (χ1) is 16.3. The Morgan fingerprint density at radius 2 is 1.94 bits per heavy atom. The standard InChI is InChI=1S/C28H40O6/c1-4-5-6-7-8-23-33-25-20(30)13-16-9-10-17-18-11-12-19(22(32)15-29)27(18,2)14-21(31)24(17)28(16,3)26(25)34-23/h13,17-19,21,23-24,29,31H,4-12,14-15H2,1-3H3/t17-,18-,19+,21-,23?,24+,27-,28-/m0/s1. The number of hydrogen-bond donors (Lipinski definition) is 2. The van der Waals surface area contributed by atoms with E-state index in [1.165, 1.54) is 6.42 Å². The molecule has 0 amide bonds. The van der Waals surface area contributed by atoms with Crippen molar-refractivity contribution in [3.05, 3.63) is 23.2 Å². The summed E-state index contributed by atoms with van der Waals surface area (Å²) in [5, 5.41) is 21.2. The van der Waals surface area contributed by atoms with Gasteiger partial charge in [0, 0.05) is 18.3 Å². The average molecular weight is 473 g/mol. The van der Waals surface area contributed by atoms with Gasteiger partial charge in [0.1, 0.15) is 6.61 Å².